The van der Waals surface area contributed by atoms with Crippen LogP contribution in [0.15, 0.2) is 48.6 Å². The molecule has 0 saturated heterocycles. The highest BCUT2D eigenvalue weighted by atomic mass is 16.5. The molecule has 6 heteroatoms. The highest BCUT2D eigenvalue weighted by molar-refractivity contribution is 5.76. The molecular weight excluding hydrogens is 1080 g/mol. The summed E-state index contributed by atoms with van der Waals surface area (Å²) in [5, 5.41) is 23.5. The van der Waals surface area contributed by atoms with E-state index in [9.17, 15) is 19.8 Å². The number of rotatable bonds is 75. The number of unbranched alkanes of at least 4 members (excludes halogenated alkanes) is 56. The van der Waals surface area contributed by atoms with Crippen LogP contribution >= 0.6 is 0 Å². The van der Waals surface area contributed by atoms with E-state index in [2.05, 4.69) is 67.8 Å². The van der Waals surface area contributed by atoms with E-state index in [1.165, 1.54) is 347 Å². The van der Waals surface area contributed by atoms with E-state index in [1.807, 2.05) is 0 Å². The number of ether oxygens (including phenoxy) is 1. The zero-order valence-corrected chi connectivity index (χ0v) is 59.5. The van der Waals surface area contributed by atoms with Gasteiger partial charge in [0.05, 0.1) is 25.4 Å². The standard InChI is InChI=1S/C82H155NO5/c1-3-5-7-9-11-13-15-17-19-20-21-37-40-43-47-50-54-58-62-66-70-74-80(85)79(78-84)83-81(86)75-71-67-63-59-55-51-48-44-41-38-35-33-31-29-27-25-23-22-24-26-28-30-32-34-36-39-42-45-49-53-57-61-65-69-73-77-88-82(87)76-72-68-64-60-56-52-46-18-16-14-12-10-8-6-4-2/h12,14,18,24,26,30,32,46,79-80,84-85H,3-11,13,15-17,19-23,25,27-29,31,33-45,47-78H2,1-2H3,(H,83,86)/b14-12-,26-24-,32-30-,46-18-. The SMILES string of the molecule is CCCCC/C=C\C/C=C\CCCCCCCC(=O)OCCCCCCCCCCCCC/C=C\C/C=C\CCCCCCCCCCCCCCCCCCCC(=O)NC(CO)C(O)CCCCCCCCCCCCCCCCCCCCCCC. The van der Waals surface area contributed by atoms with Crippen LogP contribution in [-0.2, 0) is 14.3 Å². The fourth-order valence-electron chi connectivity index (χ4n) is 12.5. The van der Waals surface area contributed by atoms with Crippen molar-refractivity contribution in [2.24, 2.45) is 0 Å². The van der Waals surface area contributed by atoms with Gasteiger partial charge in [0.25, 0.3) is 0 Å². The minimum atomic E-state index is -0.664. The third-order valence-corrected chi connectivity index (χ3v) is 18.6. The number of aliphatic hydroxyl groups excluding tert-OH is 2. The second-order valence-electron chi connectivity index (χ2n) is 27.4. The quantitative estimate of drug-likeness (QED) is 0.0320. The molecule has 1 amide bonds. The maximum Gasteiger partial charge on any atom is 0.305 e. The number of esters is 1. The minimum absolute atomic E-state index is 0.00314. The van der Waals surface area contributed by atoms with E-state index in [0.29, 0.717) is 25.9 Å². The number of aliphatic hydroxyl groups is 2. The number of nitrogens with one attached hydrogen (secondary N) is 1. The first-order chi connectivity index (χ1) is 43.5. The van der Waals surface area contributed by atoms with Crippen LogP contribution in [-0.4, -0.2) is 47.4 Å². The Balaban J connectivity index is 3.38. The highest BCUT2D eigenvalue weighted by Gasteiger charge is 2.20. The molecule has 0 fully saturated rings. The number of carbonyl (C=O) groups excluding carboxylic acids is 2. The summed E-state index contributed by atoms with van der Waals surface area (Å²) >= 11 is 0. The molecule has 0 aromatic rings. The Morgan fingerprint density at radius 2 is 0.568 bits per heavy atom. The molecule has 0 heterocycles. The molecule has 0 aliphatic rings. The van der Waals surface area contributed by atoms with Gasteiger partial charge in [-0.05, 0) is 89.9 Å². The van der Waals surface area contributed by atoms with Crippen molar-refractivity contribution in [3.63, 3.8) is 0 Å². The monoisotopic (exact) mass is 1230 g/mol. The molecule has 0 bridgehead atoms. The molecular formula is C82H155NO5. The second-order valence-corrected chi connectivity index (χ2v) is 27.4. The lowest BCUT2D eigenvalue weighted by molar-refractivity contribution is -0.143. The zero-order chi connectivity index (χ0) is 63.5. The Morgan fingerprint density at radius 1 is 0.318 bits per heavy atom. The van der Waals surface area contributed by atoms with E-state index in [4.69, 9.17) is 4.74 Å². The van der Waals surface area contributed by atoms with Crippen molar-refractivity contribution in [3.05, 3.63) is 48.6 Å². The Labute approximate surface area is 550 Å². The summed E-state index contributed by atoms with van der Waals surface area (Å²) in [4.78, 5) is 24.6. The van der Waals surface area contributed by atoms with Gasteiger partial charge < -0.3 is 20.3 Å². The Hall–Kier alpha value is -2.18. The van der Waals surface area contributed by atoms with E-state index in [0.717, 1.165) is 57.8 Å². The maximum absolute atomic E-state index is 12.6. The average molecular weight is 1240 g/mol. The lowest BCUT2D eigenvalue weighted by atomic mass is 10.0. The largest absolute Gasteiger partial charge is 0.466 e. The lowest BCUT2D eigenvalue weighted by Crippen LogP contribution is -2.45. The number of allylic oxidation sites excluding steroid dienone is 8. The van der Waals surface area contributed by atoms with Crippen molar-refractivity contribution >= 4 is 11.9 Å². The van der Waals surface area contributed by atoms with Crippen molar-refractivity contribution in [2.45, 2.75) is 450 Å². The summed E-state index contributed by atoms with van der Waals surface area (Å²) in [5.74, 6) is -0.0249. The van der Waals surface area contributed by atoms with Gasteiger partial charge in [0.15, 0.2) is 0 Å². The van der Waals surface area contributed by atoms with Crippen LogP contribution in [0.25, 0.3) is 0 Å². The topological polar surface area (TPSA) is 95.9 Å². The van der Waals surface area contributed by atoms with Crippen LogP contribution in [0.1, 0.15) is 438 Å². The molecule has 6 nitrogen and oxygen atoms in total. The average Bonchev–Trinajstić information content (AvgIpc) is 3.58. The predicted molar refractivity (Wildman–Crippen MR) is 389 cm³/mol. The molecule has 0 saturated carbocycles. The molecule has 0 aliphatic carbocycles. The molecule has 0 aromatic carbocycles. The molecule has 0 aliphatic heterocycles. The molecule has 0 radical (unpaired) electrons. The van der Waals surface area contributed by atoms with Crippen molar-refractivity contribution in [3.8, 4) is 0 Å². The Bertz CT molecular complexity index is 1470. The summed E-state index contributed by atoms with van der Waals surface area (Å²) in [6.07, 6.45) is 102. The predicted octanol–water partition coefficient (Wildman–Crippen LogP) is 26.4. The summed E-state index contributed by atoms with van der Waals surface area (Å²) in [6.45, 7) is 4.96. The van der Waals surface area contributed by atoms with Gasteiger partial charge in [-0.3, -0.25) is 9.59 Å². The zero-order valence-electron chi connectivity index (χ0n) is 59.5. The number of carbonyl (C=O) groups is 2. The van der Waals surface area contributed by atoms with Crippen molar-refractivity contribution < 1.29 is 24.5 Å². The van der Waals surface area contributed by atoms with E-state index in [-0.39, 0.29) is 18.5 Å². The number of amides is 1. The van der Waals surface area contributed by atoms with Crippen molar-refractivity contribution in [1.82, 2.24) is 5.32 Å². The molecule has 0 spiro atoms. The molecule has 0 rings (SSSR count). The van der Waals surface area contributed by atoms with Gasteiger partial charge in [-0.2, -0.15) is 0 Å². The third kappa shape index (κ3) is 72.9. The van der Waals surface area contributed by atoms with E-state index < -0.39 is 12.1 Å². The number of hydrogen-bond donors (Lipinski definition) is 3. The fraction of sp³-hybridized carbons (Fsp3) is 0.878. The first-order valence-electron chi connectivity index (χ1n) is 39.9. The smallest absolute Gasteiger partial charge is 0.305 e. The van der Waals surface area contributed by atoms with Crippen molar-refractivity contribution in [2.75, 3.05) is 13.2 Å². The minimum Gasteiger partial charge on any atom is -0.466 e. The molecule has 0 aromatic heterocycles. The summed E-state index contributed by atoms with van der Waals surface area (Å²) in [6, 6.07) is -0.541. The summed E-state index contributed by atoms with van der Waals surface area (Å²) in [5.41, 5.74) is 0. The fourth-order valence-corrected chi connectivity index (χ4v) is 12.5. The molecule has 2 atom stereocenters. The Morgan fingerprint density at radius 3 is 0.886 bits per heavy atom. The molecule has 3 N–H and O–H groups in total. The van der Waals surface area contributed by atoms with Crippen LogP contribution in [0.2, 0.25) is 0 Å². The van der Waals surface area contributed by atoms with Gasteiger partial charge in [0, 0.05) is 12.8 Å². The van der Waals surface area contributed by atoms with Crippen LogP contribution in [0.5, 0.6) is 0 Å². The van der Waals surface area contributed by atoms with Gasteiger partial charge in [0.1, 0.15) is 0 Å². The maximum atomic E-state index is 12.6. The van der Waals surface area contributed by atoms with Crippen LogP contribution in [0.4, 0.5) is 0 Å². The lowest BCUT2D eigenvalue weighted by Gasteiger charge is -2.22. The van der Waals surface area contributed by atoms with Crippen molar-refractivity contribution in [1.29, 1.82) is 0 Å². The van der Waals surface area contributed by atoms with Gasteiger partial charge in [-0.15, -0.1) is 0 Å². The first-order valence-corrected chi connectivity index (χ1v) is 39.9. The van der Waals surface area contributed by atoms with Gasteiger partial charge in [0.2, 0.25) is 5.91 Å². The molecule has 2 unspecified atom stereocenters. The third-order valence-electron chi connectivity index (χ3n) is 18.6. The number of hydrogen-bond acceptors (Lipinski definition) is 5. The molecule has 88 heavy (non-hydrogen) atoms. The summed E-state index contributed by atoms with van der Waals surface area (Å²) in [7, 11) is 0. The highest BCUT2D eigenvalue weighted by Crippen LogP contribution is 2.20. The Kier molecular flexibility index (Phi) is 75.4. The normalized spacial score (nSPS) is 12.7. The van der Waals surface area contributed by atoms with Crippen LogP contribution < -0.4 is 5.32 Å². The van der Waals surface area contributed by atoms with Gasteiger partial charge >= 0.3 is 5.97 Å². The van der Waals surface area contributed by atoms with Gasteiger partial charge in [-0.1, -0.05) is 383 Å². The second kappa shape index (κ2) is 77.3. The van der Waals surface area contributed by atoms with Gasteiger partial charge in [-0.25, -0.2) is 0 Å². The van der Waals surface area contributed by atoms with Crippen LogP contribution in [0.3, 0.4) is 0 Å². The molecule has 518 valence electrons. The first kappa shape index (κ1) is 85.8. The summed E-state index contributed by atoms with van der Waals surface area (Å²) < 4.78 is 5.49. The van der Waals surface area contributed by atoms with Crippen LogP contribution in [0, 0.1) is 0 Å². The van der Waals surface area contributed by atoms with E-state index in [1.54, 1.807) is 0 Å². The van der Waals surface area contributed by atoms with E-state index >= 15 is 0 Å².